The monoisotopic (exact) mass is 431 g/mol. The van der Waals surface area contributed by atoms with Crippen molar-refractivity contribution in [2.24, 2.45) is 5.92 Å². The van der Waals surface area contributed by atoms with Gasteiger partial charge in [0.15, 0.2) is 5.92 Å². The maximum absolute atomic E-state index is 12.5. The Hall–Kier alpha value is -3.34. The summed E-state index contributed by atoms with van der Waals surface area (Å²) >= 11 is 1.34. The summed E-state index contributed by atoms with van der Waals surface area (Å²) in [6, 6.07) is 5.58. The van der Waals surface area contributed by atoms with Crippen LogP contribution in [0.25, 0.3) is 0 Å². The Morgan fingerprint density at radius 3 is 2.10 bits per heavy atom. The van der Waals surface area contributed by atoms with Crippen molar-refractivity contribution in [3.8, 4) is 10.9 Å². The molecule has 10 nitrogen and oxygen atoms in total. The fraction of sp³-hybridized carbons (Fsp3) is 0.368. The molecule has 0 saturated carbocycles. The molecule has 0 spiro atoms. The molecule has 1 saturated heterocycles. The second-order valence-corrected chi connectivity index (χ2v) is 8.69. The van der Waals surface area contributed by atoms with Gasteiger partial charge in [0.05, 0.1) is 0 Å². The highest BCUT2D eigenvalue weighted by atomic mass is 32.1. The smallest absolute Gasteiger partial charge is 0.332 e. The quantitative estimate of drug-likeness (QED) is 0.737. The third-order valence-electron chi connectivity index (χ3n) is 4.37. The summed E-state index contributed by atoms with van der Waals surface area (Å²) in [5.41, 5.74) is 0.233. The van der Waals surface area contributed by atoms with E-state index < -0.39 is 29.7 Å². The lowest BCUT2D eigenvalue weighted by Crippen LogP contribution is -2.59. The molecule has 1 N–H and O–H groups in total. The van der Waals surface area contributed by atoms with E-state index in [0.717, 1.165) is 14.8 Å². The minimum absolute atomic E-state index is 0.131. The maximum atomic E-state index is 12.5. The number of anilines is 1. The van der Waals surface area contributed by atoms with Gasteiger partial charge in [-0.2, -0.15) is 0 Å². The molecule has 2 aromatic rings. The second-order valence-electron chi connectivity index (χ2n) is 7.75. The van der Waals surface area contributed by atoms with Gasteiger partial charge in [0.25, 0.3) is 17.0 Å². The number of rotatable bonds is 4. The van der Waals surface area contributed by atoms with Gasteiger partial charge in [0.1, 0.15) is 10.8 Å². The molecule has 0 radical (unpaired) electrons. The van der Waals surface area contributed by atoms with Crippen LogP contribution in [0.4, 0.5) is 10.5 Å². The van der Waals surface area contributed by atoms with Crippen LogP contribution in [0.3, 0.4) is 0 Å². The van der Waals surface area contributed by atoms with Gasteiger partial charge in [-0.05, 0) is 24.3 Å². The van der Waals surface area contributed by atoms with Gasteiger partial charge in [0, 0.05) is 25.2 Å². The zero-order valence-electron chi connectivity index (χ0n) is 17.1. The topological polar surface area (TPSA) is 122 Å². The minimum atomic E-state index is -1.62. The third-order valence-corrected chi connectivity index (χ3v) is 5.59. The van der Waals surface area contributed by atoms with Gasteiger partial charge in [-0.15, -0.1) is 5.10 Å². The average Bonchev–Trinajstić information content (AvgIpc) is 3.15. The molecule has 0 unspecified atom stereocenters. The van der Waals surface area contributed by atoms with Crippen molar-refractivity contribution >= 4 is 40.8 Å². The number of barbiturate groups is 1. The number of nitrogens with one attached hydrogen (secondary N) is 1. The van der Waals surface area contributed by atoms with E-state index in [1.165, 1.54) is 25.4 Å². The fourth-order valence-corrected chi connectivity index (χ4v) is 3.38. The molecule has 1 aliphatic rings. The normalized spacial score (nSPS) is 15.6. The Balaban J connectivity index is 1.67. The first-order valence-electron chi connectivity index (χ1n) is 9.01. The second kappa shape index (κ2) is 7.82. The number of imide groups is 2. The summed E-state index contributed by atoms with van der Waals surface area (Å²) in [6.45, 7) is 6.09. The molecular weight excluding hydrogens is 410 g/mol. The Morgan fingerprint density at radius 1 is 1.03 bits per heavy atom. The van der Waals surface area contributed by atoms with Crippen molar-refractivity contribution in [3.05, 3.63) is 29.3 Å². The molecule has 3 rings (SSSR count). The first kappa shape index (κ1) is 21.4. The van der Waals surface area contributed by atoms with E-state index in [-0.39, 0.29) is 5.41 Å². The highest BCUT2D eigenvalue weighted by Crippen LogP contribution is 2.32. The van der Waals surface area contributed by atoms with Crippen molar-refractivity contribution in [3.63, 3.8) is 0 Å². The molecule has 1 aliphatic heterocycles. The number of urea groups is 1. The lowest BCUT2D eigenvalue weighted by molar-refractivity contribution is -0.151. The summed E-state index contributed by atoms with van der Waals surface area (Å²) in [5, 5.41) is 11.9. The van der Waals surface area contributed by atoms with Crippen LogP contribution in [-0.4, -0.2) is 57.8 Å². The highest BCUT2D eigenvalue weighted by molar-refractivity contribution is 7.13. The number of hydrogen-bond donors (Lipinski definition) is 1. The van der Waals surface area contributed by atoms with Gasteiger partial charge < -0.3 is 10.1 Å². The third kappa shape index (κ3) is 4.15. The zero-order chi connectivity index (χ0) is 22.2. The Labute approximate surface area is 176 Å². The maximum Gasteiger partial charge on any atom is 0.332 e. The van der Waals surface area contributed by atoms with Gasteiger partial charge in [-0.25, -0.2) is 4.79 Å². The van der Waals surface area contributed by atoms with Crippen molar-refractivity contribution in [1.29, 1.82) is 0 Å². The van der Waals surface area contributed by atoms with Crippen LogP contribution in [0.2, 0.25) is 0 Å². The average molecular weight is 431 g/mol. The number of amides is 5. The van der Waals surface area contributed by atoms with E-state index >= 15 is 0 Å². The number of ether oxygens (including phenoxy) is 1. The van der Waals surface area contributed by atoms with Crippen molar-refractivity contribution < 1.29 is 23.9 Å². The lowest BCUT2D eigenvalue weighted by Gasteiger charge is -2.32. The molecular formula is C19H21N5O5S. The minimum Gasteiger partial charge on any atom is -0.430 e. The molecule has 5 amide bonds. The number of benzene rings is 1. The Morgan fingerprint density at radius 2 is 1.60 bits per heavy atom. The first-order chi connectivity index (χ1) is 14.0. The molecule has 0 aliphatic carbocycles. The molecule has 1 fully saturated rings. The molecule has 2 heterocycles. The van der Waals surface area contributed by atoms with Crippen molar-refractivity contribution in [2.75, 3.05) is 19.4 Å². The standard InChI is InChI=1S/C19H21N5O5S/c1-19(2,3)16-21-22-17(30-16)29-11-8-6-10(7-9-11)20-13(25)12-14(26)23(4)18(28)24(5)15(12)27/h6-9,12H,1-5H3,(H,20,25). The van der Waals surface area contributed by atoms with E-state index in [2.05, 4.69) is 15.5 Å². The summed E-state index contributed by atoms with van der Waals surface area (Å²) < 4.78 is 5.68. The van der Waals surface area contributed by atoms with Gasteiger partial charge in [0.2, 0.25) is 5.91 Å². The van der Waals surface area contributed by atoms with Crippen LogP contribution in [0.15, 0.2) is 24.3 Å². The van der Waals surface area contributed by atoms with Crippen LogP contribution in [0, 0.1) is 5.92 Å². The number of aromatic nitrogens is 2. The summed E-state index contributed by atoms with van der Waals surface area (Å²) in [4.78, 5) is 50.2. The molecule has 158 valence electrons. The lowest BCUT2D eigenvalue weighted by atomic mass is 9.98. The predicted molar refractivity (Wildman–Crippen MR) is 108 cm³/mol. The van der Waals surface area contributed by atoms with E-state index in [0.29, 0.717) is 16.6 Å². The molecule has 0 bridgehead atoms. The molecule has 0 atom stereocenters. The summed E-state index contributed by atoms with van der Waals surface area (Å²) in [7, 11) is 2.44. The van der Waals surface area contributed by atoms with Gasteiger partial charge in [-0.3, -0.25) is 24.2 Å². The van der Waals surface area contributed by atoms with Crippen LogP contribution in [0.1, 0.15) is 25.8 Å². The first-order valence-corrected chi connectivity index (χ1v) is 9.82. The van der Waals surface area contributed by atoms with E-state index in [1.54, 1.807) is 24.3 Å². The SMILES string of the molecule is CN1C(=O)C(C(=O)Nc2ccc(Oc3nnc(C(C)(C)C)s3)cc2)C(=O)N(C)C1=O. The summed E-state index contributed by atoms with van der Waals surface area (Å²) in [6.07, 6.45) is 0. The largest absolute Gasteiger partial charge is 0.430 e. The molecule has 1 aromatic heterocycles. The number of nitrogens with zero attached hydrogens (tertiary/aromatic N) is 4. The van der Waals surface area contributed by atoms with Gasteiger partial charge >= 0.3 is 6.03 Å². The van der Waals surface area contributed by atoms with Crippen LogP contribution in [-0.2, 0) is 19.8 Å². The van der Waals surface area contributed by atoms with E-state index in [1.807, 2.05) is 20.8 Å². The number of carbonyl (C=O) groups is 4. The van der Waals surface area contributed by atoms with Crippen molar-refractivity contribution in [2.45, 2.75) is 26.2 Å². The van der Waals surface area contributed by atoms with Crippen LogP contribution >= 0.6 is 11.3 Å². The Bertz CT molecular complexity index is 987. The highest BCUT2D eigenvalue weighted by Gasteiger charge is 2.46. The van der Waals surface area contributed by atoms with Crippen LogP contribution < -0.4 is 10.1 Å². The molecule has 11 heteroatoms. The molecule has 1 aromatic carbocycles. The van der Waals surface area contributed by atoms with E-state index in [4.69, 9.17) is 4.74 Å². The summed E-state index contributed by atoms with van der Waals surface area (Å²) in [5.74, 6) is -3.69. The van der Waals surface area contributed by atoms with Crippen molar-refractivity contribution in [1.82, 2.24) is 20.0 Å². The number of hydrogen-bond acceptors (Lipinski definition) is 8. The predicted octanol–water partition coefficient (Wildman–Crippen LogP) is 2.23. The number of carbonyl (C=O) groups excluding carboxylic acids is 4. The van der Waals surface area contributed by atoms with E-state index in [9.17, 15) is 19.2 Å². The van der Waals surface area contributed by atoms with Gasteiger partial charge in [-0.1, -0.05) is 37.2 Å². The Kier molecular flexibility index (Phi) is 5.57. The molecule has 30 heavy (non-hydrogen) atoms. The zero-order valence-corrected chi connectivity index (χ0v) is 17.9. The fourth-order valence-electron chi connectivity index (χ4n) is 2.61. The van der Waals surface area contributed by atoms with Crippen LogP contribution in [0.5, 0.6) is 10.9 Å².